The van der Waals surface area contributed by atoms with Gasteiger partial charge >= 0.3 is 0 Å². The van der Waals surface area contributed by atoms with Gasteiger partial charge in [-0.1, -0.05) is 13.8 Å². The highest BCUT2D eigenvalue weighted by Gasteiger charge is 2.24. The fourth-order valence-corrected chi connectivity index (χ4v) is 3.47. The zero-order valence-corrected chi connectivity index (χ0v) is 14.8. The van der Waals surface area contributed by atoms with Gasteiger partial charge in [0.15, 0.2) is 5.78 Å². The van der Waals surface area contributed by atoms with Gasteiger partial charge in [-0.2, -0.15) is 0 Å². The predicted octanol–water partition coefficient (Wildman–Crippen LogP) is 3.64. The van der Waals surface area contributed by atoms with E-state index < -0.39 is 0 Å². The number of rotatable bonds is 7. The van der Waals surface area contributed by atoms with Crippen LogP contribution in [0.1, 0.15) is 44.5 Å². The Morgan fingerprint density at radius 3 is 2.39 bits per heavy atom. The highest BCUT2D eigenvalue weighted by molar-refractivity contribution is 6.00. The number of ether oxygens (including phenoxy) is 2. The van der Waals surface area contributed by atoms with Gasteiger partial charge in [-0.3, -0.25) is 9.69 Å². The van der Waals surface area contributed by atoms with Crippen LogP contribution in [-0.4, -0.2) is 43.5 Å². The average Bonchev–Trinajstić information content (AvgIpc) is 2.47. The molecule has 0 aliphatic carbocycles. The number of piperidine rings is 1. The summed E-state index contributed by atoms with van der Waals surface area (Å²) in [5.41, 5.74) is 0.654. The van der Waals surface area contributed by atoms with E-state index in [0.29, 0.717) is 42.9 Å². The maximum absolute atomic E-state index is 12.7. The van der Waals surface area contributed by atoms with Crippen LogP contribution in [0.5, 0.6) is 11.5 Å². The summed E-state index contributed by atoms with van der Waals surface area (Å²) in [6, 6.07) is 5.50. The highest BCUT2D eigenvalue weighted by Crippen LogP contribution is 2.27. The lowest BCUT2D eigenvalue weighted by molar-refractivity contribution is 0.0846. The van der Waals surface area contributed by atoms with Crippen molar-refractivity contribution in [2.24, 2.45) is 11.8 Å². The summed E-state index contributed by atoms with van der Waals surface area (Å²) in [6.45, 7) is 12.0. The summed E-state index contributed by atoms with van der Waals surface area (Å²) in [6.07, 6.45) is 1.25. The number of carbonyl (C=O) groups is 1. The van der Waals surface area contributed by atoms with Crippen LogP contribution in [0, 0.1) is 11.8 Å². The molecule has 1 aromatic rings. The molecule has 1 aromatic carbocycles. The largest absolute Gasteiger partial charge is 0.494 e. The summed E-state index contributed by atoms with van der Waals surface area (Å²) >= 11 is 0. The normalized spacial score (nSPS) is 21.9. The van der Waals surface area contributed by atoms with Gasteiger partial charge in [-0.05, 0) is 44.2 Å². The molecule has 1 aliphatic rings. The molecule has 4 heteroatoms. The van der Waals surface area contributed by atoms with Crippen LogP contribution < -0.4 is 9.47 Å². The first-order valence-electron chi connectivity index (χ1n) is 8.68. The van der Waals surface area contributed by atoms with Gasteiger partial charge in [-0.15, -0.1) is 0 Å². The Kier molecular flexibility index (Phi) is 6.46. The van der Waals surface area contributed by atoms with Crippen LogP contribution in [0.3, 0.4) is 0 Å². The summed E-state index contributed by atoms with van der Waals surface area (Å²) in [4.78, 5) is 15.0. The zero-order valence-electron chi connectivity index (χ0n) is 14.8. The third-order valence-corrected chi connectivity index (χ3v) is 4.18. The van der Waals surface area contributed by atoms with Crippen molar-refractivity contribution in [3.63, 3.8) is 0 Å². The standard InChI is InChI=1S/C19H29NO3/c1-5-22-16-7-8-17(19(10-16)23-6-2)18(21)13-20-11-14(3)9-15(4)12-20/h7-8,10,14-15H,5-6,9,11-13H2,1-4H3. The monoisotopic (exact) mass is 319 g/mol. The Balaban J connectivity index is 2.11. The van der Waals surface area contributed by atoms with E-state index in [9.17, 15) is 4.79 Å². The van der Waals surface area contributed by atoms with Gasteiger partial charge in [0.05, 0.1) is 25.3 Å². The Hall–Kier alpha value is -1.55. The van der Waals surface area contributed by atoms with E-state index in [-0.39, 0.29) is 5.78 Å². The van der Waals surface area contributed by atoms with Crippen LogP contribution in [0.15, 0.2) is 18.2 Å². The lowest BCUT2D eigenvalue weighted by Gasteiger charge is -2.34. The molecular weight excluding hydrogens is 290 g/mol. The highest BCUT2D eigenvalue weighted by atomic mass is 16.5. The first kappa shape index (κ1) is 17.8. The Morgan fingerprint density at radius 1 is 1.13 bits per heavy atom. The van der Waals surface area contributed by atoms with E-state index >= 15 is 0 Å². The molecule has 2 rings (SSSR count). The number of benzene rings is 1. The second kappa shape index (κ2) is 8.34. The van der Waals surface area contributed by atoms with Crippen LogP contribution in [0.2, 0.25) is 0 Å². The number of nitrogens with zero attached hydrogens (tertiary/aromatic N) is 1. The van der Waals surface area contributed by atoms with Gasteiger partial charge in [0.25, 0.3) is 0 Å². The minimum atomic E-state index is 0.123. The summed E-state index contributed by atoms with van der Waals surface area (Å²) in [7, 11) is 0. The van der Waals surface area contributed by atoms with Crippen molar-refractivity contribution in [3.05, 3.63) is 23.8 Å². The molecule has 128 valence electrons. The van der Waals surface area contributed by atoms with Gasteiger partial charge in [0.1, 0.15) is 11.5 Å². The molecule has 1 fully saturated rings. The molecule has 1 heterocycles. The number of hydrogen-bond acceptors (Lipinski definition) is 4. The van der Waals surface area contributed by atoms with E-state index in [2.05, 4.69) is 18.7 Å². The summed E-state index contributed by atoms with van der Waals surface area (Å²) in [5, 5.41) is 0. The minimum absolute atomic E-state index is 0.123. The minimum Gasteiger partial charge on any atom is -0.494 e. The van der Waals surface area contributed by atoms with Crippen LogP contribution in [0.25, 0.3) is 0 Å². The van der Waals surface area contributed by atoms with Crippen molar-refractivity contribution in [1.29, 1.82) is 0 Å². The Labute approximate surface area is 139 Å². The van der Waals surface area contributed by atoms with Crippen molar-refractivity contribution in [2.75, 3.05) is 32.8 Å². The molecular formula is C19H29NO3. The second-order valence-corrected chi connectivity index (χ2v) is 6.59. The molecule has 0 amide bonds. The predicted molar refractivity (Wildman–Crippen MR) is 92.5 cm³/mol. The molecule has 2 unspecified atom stereocenters. The molecule has 0 radical (unpaired) electrons. The third kappa shape index (κ3) is 4.96. The topological polar surface area (TPSA) is 38.8 Å². The lowest BCUT2D eigenvalue weighted by Crippen LogP contribution is -2.41. The third-order valence-electron chi connectivity index (χ3n) is 4.18. The van der Waals surface area contributed by atoms with Crippen LogP contribution in [0.4, 0.5) is 0 Å². The van der Waals surface area contributed by atoms with Crippen molar-refractivity contribution in [2.45, 2.75) is 34.1 Å². The number of ketones is 1. The fraction of sp³-hybridized carbons (Fsp3) is 0.632. The van der Waals surface area contributed by atoms with Gasteiger partial charge in [-0.25, -0.2) is 0 Å². The molecule has 0 spiro atoms. The first-order chi connectivity index (χ1) is 11.0. The van der Waals surface area contributed by atoms with E-state index in [4.69, 9.17) is 9.47 Å². The number of Topliss-reactive ketones (excluding diaryl/α,β-unsaturated/α-hetero) is 1. The average molecular weight is 319 g/mol. The van der Waals surface area contributed by atoms with E-state index in [0.717, 1.165) is 18.8 Å². The second-order valence-electron chi connectivity index (χ2n) is 6.59. The van der Waals surface area contributed by atoms with E-state index in [1.807, 2.05) is 32.0 Å². The van der Waals surface area contributed by atoms with Gasteiger partial charge < -0.3 is 9.47 Å². The number of hydrogen-bond donors (Lipinski definition) is 0. The van der Waals surface area contributed by atoms with Crippen molar-refractivity contribution in [3.8, 4) is 11.5 Å². The molecule has 0 saturated carbocycles. The molecule has 0 N–H and O–H groups in total. The van der Waals surface area contributed by atoms with Crippen molar-refractivity contribution >= 4 is 5.78 Å². The number of carbonyl (C=O) groups excluding carboxylic acids is 1. The lowest BCUT2D eigenvalue weighted by atomic mass is 9.91. The Bertz CT molecular complexity index is 519. The first-order valence-corrected chi connectivity index (χ1v) is 8.68. The molecule has 0 aromatic heterocycles. The molecule has 0 bridgehead atoms. The fourth-order valence-electron chi connectivity index (χ4n) is 3.47. The van der Waals surface area contributed by atoms with E-state index in [1.165, 1.54) is 6.42 Å². The summed E-state index contributed by atoms with van der Waals surface area (Å²) in [5.74, 6) is 2.79. The van der Waals surface area contributed by atoms with Gasteiger partial charge in [0, 0.05) is 19.2 Å². The van der Waals surface area contributed by atoms with E-state index in [1.54, 1.807) is 0 Å². The van der Waals surface area contributed by atoms with Crippen LogP contribution in [-0.2, 0) is 0 Å². The van der Waals surface area contributed by atoms with Gasteiger partial charge in [0.2, 0.25) is 0 Å². The smallest absolute Gasteiger partial charge is 0.180 e. The maximum atomic E-state index is 12.7. The SMILES string of the molecule is CCOc1ccc(C(=O)CN2CC(C)CC(C)C2)c(OCC)c1. The molecule has 1 aliphatic heterocycles. The molecule has 1 saturated heterocycles. The zero-order chi connectivity index (χ0) is 16.8. The van der Waals surface area contributed by atoms with Crippen molar-refractivity contribution < 1.29 is 14.3 Å². The maximum Gasteiger partial charge on any atom is 0.180 e. The Morgan fingerprint density at radius 2 is 1.78 bits per heavy atom. The molecule has 4 nitrogen and oxygen atoms in total. The van der Waals surface area contributed by atoms with Crippen molar-refractivity contribution in [1.82, 2.24) is 4.90 Å². The quantitative estimate of drug-likeness (QED) is 0.719. The molecule has 2 atom stereocenters. The van der Waals surface area contributed by atoms with Crippen LogP contribution >= 0.6 is 0 Å². The molecule has 23 heavy (non-hydrogen) atoms. The summed E-state index contributed by atoms with van der Waals surface area (Å²) < 4.78 is 11.2. The number of likely N-dealkylation sites (tertiary alicyclic amines) is 1.